The molecule has 0 aromatic carbocycles. The van der Waals surface area contributed by atoms with Crippen LogP contribution in [-0.2, 0) is 4.74 Å². The van der Waals surface area contributed by atoms with E-state index in [0.29, 0.717) is 12.1 Å². The summed E-state index contributed by atoms with van der Waals surface area (Å²) in [6.45, 7) is 4.87. The van der Waals surface area contributed by atoms with Crippen molar-refractivity contribution in [2.45, 2.75) is 25.4 Å². The molecule has 0 bridgehead atoms. The van der Waals surface area contributed by atoms with E-state index in [4.69, 9.17) is 4.74 Å². The predicted octanol–water partition coefficient (Wildman–Crippen LogP) is 2.04. The van der Waals surface area contributed by atoms with Crippen molar-refractivity contribution in [3.8, 4) is 0 Å². The maximum atomic E-state index is 5.53. The van der Waals surface area contributed by atoms with Crippen LogP contribution in [0.4, 0.5) is 0 Å². The third-order valence-electron chi connectivity index (χ3n) is 3.33. The highest BCUT2D eigenvalue weighted by molar-refractivity contribution is 7.10. The summed E-state index contributed by atoms with van der Waals surface area (Å²) in [4.78, 5) is 3.80. The lowest BCUT2D eigenvalue weighted by atomic mass is 10.0. The summed E-state index contributed by atoms with van der Waals surface area (Å²) in [5.74, 6) is 0. The van der Waals surface area contributed by atoms with Gasteiger partial charge in [0.25, 0.3) is 0 Å². The Hall–Kier alpha value is -0.420. The van der Waals surface area contributed by atoms with Crippen LogP contribution >= 0.6 is 11.3 Å². The van der Waals surface area contributed by atoms with Gasteiger partial charge in [-0.05, 0) is 44.4 Å². The van der Waals surface area contributed by atoms with Gasteiger partial charge in [-0.1, -0.05) is 0 Å². The smallest absolute Gasteiger partial charge is 0.0620 e. The lowest BCUT2D eigenvalue weighted by Crippen LogP contribution is -2.43. The average Bonchev–Trinajstić information content (AvgIpc) is 2.73. The highest BCUT2D eigenvalue weighted by Crippen LogP contribution is 2.31. The van der Waals surface area contributed by atoms with E-state index in [9.17, 15) is 0 Å². The molecule has 1 N–H and O–H groups in total. The van der Waals surface area contributed by atoms with E-state index in [2.05, 4.69) is 42.7 Å². The van der Waals surface area contributed by atoms with E-state index < -0.39 is 0 Å². The quantitative estimate of drug-likeness (QED) is 0.890. The Morgan fingerprint density at radius 2 is 2.41 bits per heavy atom. The fourth-order valence-electron chi connectivity index (χ4n) is 2.32. The number of morpholine rings is 1. The summed E-state index contributed by atoms with van der Waals surface area (Å²) in [6, 6.07) is 3.19. The third-order valence-corrected chi connectivity index (χ3v) is 4.45. The van der Waals surface area contributed by atoms with Gasteiger partial charge in [0.2, 0.25) is 0 Å². The SMILES string of the molecule is Cc1ccsc1C(CC1COCCN1)N(C)C. The van der Waals surface area contributed by atoms with Crippen molar-refractivity contribution in [3.63, 3.8) is 0 Å². The zero-order valence-corrected chi connectivity index (χ0v) is 11.7. The standard InChI is InChI=1S/C13H22N2OS/c1-10-4-7-17-13(10)12(15(2)3)8-11-9-16-6-5-14-11/h4,7,11-12,14H,5-6,8-9H2,1-3H3. The number of hydrogen-bond donors (Lipinski definition) is 1. The number of ether oxygens (including phenoxy) is 1. The average molecular weight is 254 g/mol. The minimum Gasteiger partial charge on any atom is -0.379 e. The van der Waals surface area contributed by atoms with Crippen LogP contribution in [-0.4, -0.2) is 44.8 Å². The maximum Gasteiger partial charge on any atom is 0.0620 e. The second kappa shape index (κ2) is 5.96. The van der Waals surface area contributed by atoms with Crippen molar-refractivity contribution < 1.29 is 4.74 Å². The van der Waals surface area contributed by atoms with Gasteiger partial charge in [-0.15, -0.1) is 11.3 Å². The van der Waals surface area contributed by atoms with Crippen LogP contribution in [0.3, 0.4) is 0 Å². The molecule has 17 heavy (non-hydrogen) atoms. The van der Waals surface area contributed by atoms with Crippen molar-refractivity contribution in [2.24, 2.45) is 0 Å². The number of nitrogens with one attached hydrogen (secondary N) is 1. The fraction of sp³-hybridized carbons (Fsp3) is 0.692. The van der Waals surface area contributed by atoms with Crippen LogP contribution < -0.4 is 5.32 Å². The van der Waals surface area contributed by atoms with E-state index in [1.54, 1.807) is 0 Å². The molecule has 1 saturated heterocycles. The minimum absolute atomic E-state index is 0.484. The summed E-state index contributed by atoms with van der Waals surface area (Å²) in [7, 11) is 4.32. The minimum atomic E-state index is 0.484. The van der Waals surface area contributed by atoms with E-state index in [1.807, 2.05) is 11.3 Å². The summed E-state index contributed by atoms with van der Waals surface area (Å²) in [5.41, 5.74) is 1.41. The van der Waals surface area contributed by atoms with Gasteiger partial charge in [-0.3, -0.25) is 0 Å². The van der Waals surface area contributed by atoms with Crippen molar-refractivity contribution in [3.05, 3.63) is 21.9 Å². The highest BCUT2D eigenvalue weighted by atomic mass is 32.1. The second-order valence-corrected chi connectivity index (χ2v) is 5.86. The summed E-state index contributed by atoms with van der Waals surface area (Å²) in [6.07, 6.45) is 1.12. The number of hydrogen-bond acceptors (Lipinski definition) is 4. The topological polar surface area (TPSA) is 24.5 Å². The molecule has 1 fully saturated rings. The zero-order chi connectivity index (χ0) is 12.3. The van der Waals surface area contributed by atoms with Gasteiger partial charge in [0.1, 0.15) is 0 Å². The van der Waals surface area contributed by atoms with Crippen LogP contribution in [0.5, 0.6) is 0 Å². The van der Waals surface area contributed by atoms with Gasteiger partial charge in [0.15, 0.2) is 0 Å². The van der Waals surface area contributed by atoms with Gasteiger partial charge in [0, 0.05) is 23.5 Å². The normalized spacial score (nSPS) is 22.9. The Labute approximate surface area is 108 Å². The molecule has 0 aliphatic carbocycles. The van der Waals surface area contributed by atoms with Crippen LogP contribution in [0.25, 0.3) is 0 Å². The summed E-state index contributed by atoms with van der Waals surface area (Å²) < 4.78 is 5.53. The first kappa shape index (κ1) is 13.0. The second-order valence-electron chi connectivity index (χ2n) is 4.91. The number of nitrogens with zero attached hydrogens (tertiary/aromatic N) is 1. The number of aryl methyl sites for hydroxylation is 1. The Bertz CT molecular complexity index is 345. The molecular formula is C13H22N2OS. The van der Waals surface area contributed by atoms with E-state index in [-0.39, 0.29) is 0 Å². The van der Waals surface area contributed by atoms with Crippen molar-refractivity contribution in [2.75, 3.05) is 33.9 Å². The molecule has 2 heterocycles. The Morgan fingerprint density at radius 1 is 1.59 bits per heavy atom. The lowest BCUT2D eigenvalue weighted by Gasteiger charge is -2.31. The van der Waals surface area contributed by atoms with E-state index >= 15 is 0 Å². The molecule has 1 aromatic heterocycles. The fourth-order valence-corrected chi connectivity index (χ4v) is 3.46. The molecule has 1 aromatic rings. The number of rotatable bonds is 4. The van der Waals surface area contributed by atoms with Gasteiger partial charge in [-0.25, -0.2) is 0 Å². The Balaban J connectivity index is 2.05. The molecule has 4 heteroatoms. The Kier molecular flexibility index (Phi) is 4.56. The molecule has 0 amide bonds. The van der Waals surface area contributed by atoms with Crippen molar-refractivity contribution in [1.82, 2.24) is 10.2 Å². The van der Waals surface area contributed by atoms with E-state index in [0.717, 1.165) is 26.2 Å². The summed E-state index contributed by atoms with van der Waals surface area (Å²) in [5, 5.41) is 5.73. The first-order chi connectivity index (χ1) is 8.18. The van der Waals surface area contributed by atoms with Crippen LogP contribution in [0, 0.1) is 6.92 Å². The van der Waals surface area contributed by atoms with E-state index in [1.165, 1.54) is 10.4 Å². The molecule has 2 atom stereocenters. The van der Waals surface area contributed by atoms with Gasteiger partial charge in [0.05, 0.1) is 13.2 Å². The molecule has 1 aliphatic rings. The molecular weight excluding hydrogens is 232 g/mol. The summed E-state index contributed by atoms with van der Waals surface area (Å²) >= 11 is 1.86. The number of thiophene rings is 1. The van der Waals surface area contributed by atoms with Gasteiger partial charge >= 0.3 is 0 Å². The van der Waals surface area contributed by atoms with Crippen molar-refractivity contribution >= 4 is 11.3 Å². The highest BCUT2D eigenvalue weighted by Gasteiger charge is 2.23. The molecule has 2 rings (SSSR count). The Morgan fingerprint density at radius 3 is 2.94 bits per heavy atom. The van der Waals surface area contributed by atoms with Gasteiger partial charge < -0.3 is 15.0 Å². The lowest BCUT2D eigenvalue weighted by molar-refractivity contribution is 0.0650. The van der Waals surface area contributed by atoms with Crippen molar-refractivity contribution in [1.29, 1.82) is 0 Å². The molecule has 1 aliphatic heterocycles. The third kappa shape index (κ3) is 3.28. The molecule has 96 valence electrons. The maximum absolute atomic E-state index is 5.53. The monoisotopic (exact) mass is 254 g/mol. The molecule has 0 saturated carbocycles. The molecule has 2 unspecified atom stereocenters. The largest absolute Gasteiger partial charge is 0.379 e. The molecule has 0 spiro atoms. The molecule has 3 nitrogen and oxygen atoms in total. The van der Waals surface area contributed by atoms with Crippen LogP contribution in [0.15, 0.2) is 11.4 Å². The predicted molar refractivity (Wildman–Crippen MR) is 72.7 cm³/mol. The van der Waals surface area contributed by atoms with Crippen LogP contribution in [0.1, 0.15) is 22.9 Å². The first-order valence-corrected chi connectivity index (χ1v) is 7.08. The first-order valence-electron chi connectivity index (χ1n) is 6.20. The molecule has 0 radical (unpaired) electrons. The van der Waals surface area contributed by atoms with Gasteiger partial charge in [-0.2, -0.15) is 0 Å². The zero-order valence-electron chi connectivity index (χ0n) is 10.9. The van der Waals surface area contributed by atoms with Crippen LogP contribution in [0.2, 0.25) is 0 Å².